The average molecular weight is 1340 g/mol. The van der Waals surface area contributed by atoms with Crippen LogP contribution in [0.3, 0.4) is 0 Å². The van der Waals surface area contributed by atoms with Crippen LogP contribution in [-0.2, 0) is 66.4 Å². The molecule has 33 nitrogen and oxygen atoms in total. The van der Waals surface area contributed by atoms with Crippen LogP contribution in [0, 0.1) is 5.92 Å². The summed E-state index contributed by atoms with van der Waals surface area (Å²) in [6.45, 7) is 7.24. The number of carbonyl (C=O) groups is 1. The smallest absolute Gasteiger partial charge is 0.303 e. The highest BCUT2D eigenvalue weighted by Crippen LogP contribution is 2.40. The van der Waals surface area contributed by atoms with Crippen molar-refractivity contribution in [2.75, 3.05) is 13.2 Å². The lowest BCUT2D eigenvalue weighted by molar-refractivity contribution is -0.414. The molecule has 33 heteroatoms. The van der Waals surface area contributed by atoms with E-state index >= 15 is 0 Å². The van der Waals surface area contributed by atoms with Gasteiger partial charge in [0.15, 0.2) is 37.7 Å². The molecule has 7 aliphatic rings. The molecule has 0 aromatic heterocycles. The number of carboxylic acids is 1. The molecule has 37 atom stereocenters. The Balaban J connectivity index is 1.11. The van der Waals surface area contributed by atoms with Gasteiger partial charge >= 0.3 is 5.97 Å². The molecule has 0 amide bonds. The van der Waals surface area contributed by atoms with Gasteiger partial charge in [0.25, 0.3) is 0 Å². The Morgan fingerprint density at radius 1 is 0.348 bits per heavy atom. The number of aliphatic hydroxyl groups excluding tert-OH is 18. The Morgan fingerprint density at radius 2 is 0.707 bits per heavy atom. The Bertz CT molecular complexity index is 2160. The van der Waals surface area contributed by atoms with Gasteiger partial charge in [-0.2, -0.15) is 0 Å². The molecule has 0 bridgehead atoms. The fourth-order valence-electron chi connectivity index (χ4n) is 13.0. The second-order valence-corrected chi connectivity index (χ2v) is 25.8. The van der Waals surface area contributed by atoms with Gasteiger partial charge in [-0.25, -0.2) is 0 Å². The number of unbranched alkanes of at least 4 members (excludes halogenated alkanes) is 7. The number of ether oxygens (including phenoxy) is 13. The third kappa shape index (κ3) is 18.6. The summed E-state index contributed by atoms with van der Waals surface area (Å²) in [5, 5.41) is 208. The normalized spacial score (nSPS) is 47.8. The van der Waals surface area contributed by atoms with E-state index in [0.717, 1.165) is 25.7 Å². The molecule has 92 heavy (non-hydrogen) atoms. The van der Waals surface area contributed by atoms with Crippen molar-refractivity contribution < 1.29 is 163 Å². The van der Waals surface area contributed by atoms with E-state index in [2.05, 4.69) is 6.92 Å². The first kappa shape index (κ1) is 77.6. The van der Waals surface area contributed by atoms with Crippen LogP contribution in [0.15, 0.2) is 0 Å². The van der Waals surface area contributed by atoms with Gasteiger partial charge in [-0.1, -0.05) is 64.7 Å². The van der Waals surface area contributed by atoms with Crippen molar-refractivity contribution in [3.63, 3.8) is 0 Å². The highest BCUT2D eigenvalue weighted by molar-refractivity contribution is 5.67. The fraction of sp³-hybridized carbons (Fsp3) is 0.983. The lowest BCUT2D eigenvalue weighted by Crippen LogP contribution is -2.69. The minimum Gasteiger partial charge on any atom is -0.481 e. The monoisotopic (exact) mass is 1340 g/mol. The van der Waals surface area contributed by atoms with Gasteiger partial charge < -0.3 is 159 Å². The number of hydrogen-bond acceptors (Lipinski definition) is 32. The summed E-state index contributed by atoms with van der Waals surface area (Å²) >= 11 is 0. The minimum atomic E-state index is -2.23. The lowest BCUT2D eigenvalue weighted by atomic mass is 9.83. The van der Waals surface area contributed by atoms with Crippen molar-refractivity contribution in [3.05, 3.63) is 0 Å². The molecule has 0 aromatic rings. The highest BCUT2D eigenvalue weighted by Gasteiger charge is 2.59. The van der Waals surface area contributed by atoms with Crippen LogP contribution < -0.4 is 0 Å². The first-order valence-corrected chi connectivity index (χ1v) is 32.4. The Hall–Kier alpha value is -1.77. The van der Waals surface area contributed by atoms with Crippen LogP contribution in [0.5, 0.6) is 0 Å². The van der Waals surface area contributed by atoms with Crippen molar-refractivity contribution >= 4 is 5.97 Å². The summed E-state index contributed by atoms with van der Waals surface area (Å²) in [7, 11) is 0. The molecule has 0 radical (unpaired) electrons. The van der Waals surface area contributed by atoms with Crippen LogP contribution >= 0.6 is 0 Å². The quantitative estimate of drug-likeness (QED) is 0.0298. The highest BCUT2D eigenvalue weighted by atomic mass is 16.8. The Kier molecular flexibility index (Phi) is 29.8. The van der Waals surface area contributed by atoms with E-state index in [1.165, 1.54) is 34.6 Å². The summed E-state index contributed by atoms with van der Waals surface area (Å²) in [4.78, 5) is 11.8. The van der Waals surface area contributed by atoms with E-state index in [0.29, 0.717) is 51.4 Å². The molecule has 0 saturated carbocycles. The topological polar surface area (TPSA) is 521 Å². The maximum Gasteiger partial charge on any atom is 0.303 e. The number of hydrogen-bond donors (Lipinski definition) is 19. The van der Waals surface area contributed by atoms with Crippen LogP contribution in [0.2, 0.25) is 0 Å². The molecule has 7 aliphatic heterocycles. The van der Waals surface area contributed by atoms with Crippen LogP contribution in [0.25, 0.3) is 0 Å². The summed E-state index contributed by atoms with van der Waals surface area (Å²) in [5.41, 5.74) is 0. The van der Waals surface area contributed by atoms with Gasteiger partial charge in [0.05, 0.1) is 62.4 Å². The van der Waals surface area contributed by atoms with Crippen LogP contribution in [0.4, 0.5) is 0 Å². The summed E-state index contributed by atoms with van der Waals surface area (Å²) < 4.78 is 79.2. The molecule has 7 fully saturated rings. The van der Waals surface area contributed by atoms with Crippen molar-refractivity contribution in [1.82, 2.24) is 0 Å². The van der Waals surface area contributed by atoms with E-state index in [-0.39, 0.29) is 6.42 Å². The average Bonchev–Trinajstić information content (AvgIpc) is 0.792. The van der Waals surface area contributed by atoms with E-state index in [9.17, 15) is 102 Å². The van der Waals surface area contributed by atoms with Gasteiger partial charge in [-0.15, -0.1) is 0 Å². The third-order valence-electron chi connectivity index (χ3n) is 18.9. The van der Waals surface area contributed by atoms with Crippen molar-refractivity contribution in [3.8, 4) is 0 Å². The zero-order chi connectivity index (χ0) is 67.7. The molecular weight excluding hydrogens is 1240 g/mol. The first-order valence-electron chi connectivity index (χ1n) is 32.4. The largest absolute Gasteiger partial charge is 0.481 e. The van der Waals surface area contributed by atoms with Crippen LogP contribution in [0.1, 0.15) is 125 Å². The standard InChI is InChI=1S/C59H104O33/c1-7-8-9-14-17-28(18-15-12-10-11-13-16-27(19-31(62)63)49-44(76)38(70)32(64)22(2)80-49)85-57-51(41(73)35(67)25(5)83-57)92-59-53(43(75)37(69)30(21-61)87-59)91-56-47(79)50(48(26(6)84-56)88-54-45(77)39(71)33(65)23(3)81-54)89-58-52(42(74)36(68)29(20-60)86-58)90-55-46(78)40(72)34(66)24(4)82-55/h22-30,32-61,64-79H,7-21H2,1-6H3,(H,62,63)/t22-,23-,24+,25-,26+,27-,28-,29+,30-,32-,33+,34+,35-,36+,37-,38+,39+,40-,41+,42-,43+,44-,45-,46+,47-,48+,49-,50+,51-,52+,53-,54+,55-,56+,57+,58-,59+/m1/s1. The molecule has 0 unspecified atom stereocenters. The van der Waals surface area contributed by atoms with Gasteiger partial charge in [-0.05, 0) is 59.8 Å². The van der Waals surface area contributed by atoms with Gasteiger partial charge in [0.1, 0.15) is 140 Å². The van der Waals surface area contributed by atoms with E-state index in [4.69, 9.17) is 61.6 Å². The van der Waals surface area contributed by atoms with Gasteiger partial charge in [-0.3, -0.25) is 4.79 Å². The van der Waals surface area contributed by atoms with Gasteiger partial charge in [0, 0.05) is 0 Å². The predicted octanol–water partition coefficient (Wildman–Crippen LogP) is -5.94. The molecule has 0 aromatic carbocycles. The van der Waals surface area contributed by atoms with Crippen LogP contribution in [-0.4, -0.2) is 337 Å². The fourth-order valence-corrected chi connectivity index (χ4v) is 13.0. The third-order valence-corrected chi connectivity index (χ3v) is 18.9. The van der Waals surface area contributed by atoms with Crippen molar-refractivity contribution in [2.45, 2.75) is 346 Å². The summed E-state index contributed by atoms with van der Waals surface area (Å²) in [5.74, 6) is -1.74. The van der Waals surface area contributed by atoms with E-state index in [1.54, 1.807) is 0 Å². The summed E-state index contributed by atoms with van der Waals surface area (Å²) in [6, 6.07) is 0. The zero-order valence-electron chi connectivity index (χ0n) is 52.7. The second kappa shape index (κ2) is 35.3. The maximum absolute atomic E-state index is 12.5. The molecule has 7 saturated heterocycles. The molecule has 0 aliphatic carbocycles. The number of aliphatic hydroxyl groups is 18. The SMILES string of the molecule is CCCCCC[C@H](CCCCCCC[C@H](CC(=O)O)[C@H]1O[C@H](C)[C@@H](O)[C@H](O)[C@H]1O)O[C@@H]1O[C@H](C)[C@@H](O)[C@H](O)[C@H]1O[C@@H]1O[C@H](CO)[C@@H](O)[C@H](O)[C@H]1O[C@@H]1O[C@@H](C)[C@H](O[C@@H]2O[C@H](C)[C@H](O)[C@H](O)[C@H]2O)[C@@H](O[C@H]2O[C@@H](CO)[C@H](O)[C@@H](O)[C@@H]2O[C@H]2O[C@@H](C)[C@H](O)[C@@H](O)[C@@H]2O)[C@H]1O. The molecule has 7 heterocycles. The van der Waals surface area contributed by atoms with Gasteiger partial charge in [0.2, 0.25) is 0 Å². The second-order valence-electron chi connectivity index (χ2n) is 25.8. The lowest BCUT2D eigenvalue weighted by Gasteiger charge is -2.51. The summed E-state index contributed by atoms with van der Waals surface area (Å²) in [6.07, 6.45) is -52.1. The zero-order valence-corrected chi connectivity index (χ0v) is 52.7. The minimum absolute atomic E-state index is 0.318. The van der Waals surface area contributed by atoms with Crippen molar-refractivity contribution in [2.24, 2.45) is 5.92 Å². The number of carboxylic acid groups (broad SMARTS) is 1. The molecule has 538 valence electrons. The molecule has 0 spiro atoms. The molecule has 7 rings (SSSR count). The number of aliphatic carboxylic acids is 1. The first-order chi connectivity index (χ1) is 43.5. The van der Waals surface area contributed by atoms with Crippen molar-refractivity contribution in [1.29, 1.82) is 0 Å². The van der Waals surface area contributed by atoms with E-state index < -0.39 is 246 Å². The Labute approximate surface area is 533 Å². The predicted molar refractivity (Wildman–Crippen MR) is 305 cm³/mol. The number of rotatable bonds is 30. The van der Waals surface area contributed by atoms with E-state index in [1.807, 2.05) is 0 Å². The molecular formula is C59H104O33. The maximum atomic E-state index is 12.5. The Morgan fingerprint density at radius 3 is 1.18 bits per heavy atom. The molecule has 19 N–H and O–H groups in total.